The normalized spacial score (nSPS) is 14.3. The Balaban J connectivity index is 2.00. The standard InChI is InChI=1S/C12H13N5O/c13-12(18)17-6-3-10-9(7-17)11(16-15-10)8-1-4-14-5-2-8/h1-2,4-5H,3,6-7H2,(H2,13,18)(H,15,16). The summed E-state index contributed by atoms with van der Waals surface area (Å²) in [5, 5.41) is 7.37. The Morgan fingerprint density at radius 2 is 2.17 bits per heavy atom. The summed E-state index contributed by atoms with van der Waals surface area (Å²) in [6, 6.07) is 3.42. The maximum absolute atomic E-state index is 11.2. The van der Waals surface area contributed by atoms with E-state index < -0.39 is 0 Å². The predicted molar refractivity (Wildman–Crippen MR) is 65.5 cm³/mol. The number of urea groups is 1. The summed E-state index contributed by atoms with van der Waals surface area (Å²) in [4.78, 5) is 16.9. The van der Waals surface area contributed by atoms with E-state index in [0.717, 1.165) is 28.9 Å². The number of rotatable bonds is 1. The number of aromatic nitrogens is 3. The van der Waals surface area contributed by atoms with Gasteiger partial charge in [-0.15, -0.1) is 0 Å². The summed E-state index contributed by atoms with van der Waals surface area (Å²) < 4.78 is 0. The first-order chi connectivity index (χ1) is 8.75. The minimum atomic E-state index is -0.387. The maximum atomic E-state index is 11.2. The first-order valence-electron chi connectivity index (χ1n) is 5.76. The number of H-pyrrole nitrogens is 1. The molecule has 0 spiro atoms. The van der Waals surface area contributed by atoms with E-state index in [0.29, 0.717) is 13.1 Å². The van der Waals surface area contributed by atoms with E-state index in [1.807, 2.05) is 12.1 Å². The van der Waals surface area contributed by atoms with Gasteiger partial charge in [0.25, 0.3) is 0 Å². The number of hydrogen-bond acceptors (Lipinski definition) is 3. The number of nitrogens with two attached hydrogens (primary N) is 1. The molecule has 0 bridgehead atoms. The summed E-state index contributed by atoms with van der Waals surface area (Å²) in [6.45, 7) is 1.15. The molecule has 2 aromatic heterocycles. The average molecular weight is 243 g/mol. The van der Waals surface area contributed by atoms with E-state index in [1.165, 1.54) is 0 Å². The van der Waals surface area contributed by atoms with Crippen LogP contribution < -0.4 is 5.73 Å². The van der Waals surface area contributed by atoms with Gasteiger partial charge in [-0.1, -0.05) is 0 Å². The Bertz CT molecular complexity index is 577. The lowest BCUT2D eigenvalue weighted by Gasteiger charge is -2.25. The van der Waals surface area contributed by atoms with Crippen molar-refractivity contribution in [2.45, 2.75) is 13.0 Å². The first-order valence-corrected chi connectivity index (χ1v) is 5.76. The molecule has 0 unspecified atom stereocenters. The van der Waals surface area contributed by atoms with Crippen molar-refractivity contribution < 1.29 is 4.79 Å². The molecular formula is C12H13N5O. The molecule has 18 heavy (non-hydrogen) atoms. The largest absolute Gasteiger partial charge is 0.351 e. The third-order valence-corrected chi connectivity index (χ3v) is 3.20. The number of aromatic amines is 1. The van der Waals surface area contributed by atoms with Gasteiger partial charge in [-0.25, -0.2) is 4.79 Å². The number of carbonyl (C=O) groups is 1. The second-order valence-corrected chi connectivity index (χ2v) is 4.28. The Labute approximate surface area is 104 Å². The maximum Gasteiger partial charge on any atom is 0.315 e. The van der Waals surface area contributed by atoms with E-state index in [1.54, 1.807) is 17.3 Å². The number of hydrogen-bond donors (Lipinski definition) is 2. The van der Waals surface area contributed by atoms with Crippen molar-refractivity contribution in [2.75, 3.05) is 6.54 Å². The van der Waals surface area contributed by atoms with Crippen LogP contribution in [0, 0.1) is 0 Å². The molecule has 2 amide bonds. The molecule has 0 saturated carbocycles. The van der Waals surface area contributed by atoms with Gasteiger partial charge in [-0.05, 0) is 12.1 Å². The van der Waals surface area contributed by atoms with Gasteiger partial charge in [0.2, 0.25) is 0 Å². The topological polar surface area (TPSA) is 87.9 Å². The van der Waals surface area contributed by atoms with Crippen molar-refractivity contribution in [1.29, 1.82) is 0 Å². The lowest BCUT2D eigenvalue weighted by Crippen LogP contribution is -2.39. The molecule has 2 aromatic rings. The number of primary amides is 1. The molecule has 0 fully saturated rings. The molecule has 92 valence electrons. The van der Waals surface area contributed by atoms with E-state index in [2.05, 4.69) is 15.2 Å². The fraction of sp³-hybridized carbons (Fsp3) is 0.250. The van der Waals surface area contributed by atoms with Crippen molar-refractivity contribution in [3.63, 3.8) is 0 Å². The summed E-state index contributed by atoms with van der Waals surface area (Å²) in [7, 11) is 0. The zero-order valence-electron chi connectivity index (χ0n) is 9.76. The van der Waals surface area contributed by atoms with Gasteiger partial charge >= 0.3 is 6.03 Å². The third-order valence-electron chi connectivity index (χ3n) is 3.20. The number of nitrogens with zero attached hydrogens (tertiary/aromatic N) is 3. The highest BCUT2D eigenvalue weighted by atomic mass is 16.2. The number of fused-ring (bicyclic) bond motifs is 1. The molecule has 0 saturated heterocycles. The van der Waals surface area contributed by atoms with Gasteiger partial charge in [0.15, 0.2) is 0 Å². The molecule has 3 heterocycles. The zero-order valence-corrected chi connectivity index (χ0v) is 9.76. The highest BCUT2D eigenvalue weighted by Gasteiger charge is 2.24. The molecular weight excluding hydrogens is 230 g/mol. The Morgan fingerprint density at radius 3 is 2.89 bits per heavy atom. The number of pyridine rings is 1. The monoisotopic (exact) mass is 243 g/mol. The second kappa shape index (κ2) is 4.14. The van der Waals surface area contributed by atoms with Crippen molar-refractivity contribution in [3.8, 4) is 11.3 Å². The quantitative estimate of drug-likeness (QED) is 0.780. The van der Waals surface area contributed by atoms with Gasteiger partial charge in [-0.3, -0.25) is 10.1 Å². The Hall–Kier alpha value is -2.37. The molecule has 1 aliphatic rings. The van der Waals surface area contributed by atoms with Crippen LogP contribution in [0.25, 0.3) is 11.3 Å². The molecule has 0 aliphatic carbocycles. The van der Waals surface area contributed by atoms with Crippen molar-refractivity contribution in [1.82, 2.24) is 20.1 Å². The Kier molecular flexibility index (Phi) is 2.47. The summed E-state index contributed by atoms with van der Waals surface area (Å²) in [5.74, 6) is 0. The minimum Gasteiger partial charge on any atom is -0.351 e. The van der Waals surface area contributed by atoms with Gasteiger partial charge in [0.05, 0.1) is 12.2 Å². The molecule has 6 nitrogen and oxygen atoms in total. The Morgan fingerprint density at radius 1 is 1.39 bits per heavy atom. The number of amides is 2. The lowest BCUT2D eigenvalue weighted by atomic mass is 10.0. The van der Waals surface area contributed by atoms with Crippen LogP contribution in [-0.2, 0) is 13.0 Å². The van der Waals surface area contributed by atoms with Crippen LogP contribution in [0.1, 0.15) is 11.3 Å². The molecule has 3 N–H and O–H groups in total. The first kappa shape index (κ1) is 10.8. The molecule has 0 aromatic carbocycles. The third kappa shape index (κ3) is 1.71. The van der Waals surface area contributed by atoms with Crippen molar-refractivity contribution in [2.24, 2.45) is 5.73 Å². The summed E-state index contributed by atoms with van der Waals surface area (Å²) >= 11 is 0. The molecule has 6 heteroatoms. The summed E-state index contributed by atoms with van der Waals surface area (Å²) in [6.07, 6.45) is 4.21. The fourth-order valence-corrected chi connectivity index (χ4v) is 2.23. The van der Waals surface area contributed by atoms with E-state index in [9.17, 15) is 4.79 Å². The van der Waals surface area contributed by atoms with E-state index in [4.69, 9.17) is 5.73 Å². The van der Waals surface area contributed by atoms with Gasteiger partial charge in [0, 0.05) is 42.2 Å². The lowest BCUT2D eigenvalue weighted by molar-refractivity contribution is 0.202. The fourth-order valence-electron chi connectivity index (χ4n) is 2.23. The predicted octanol–water partition coefficient (Wildman–Crippen LogP) is 0.908. The SMILES string of the molecule is NC(=O)N1CCc2[nH]nc(-c3ccncc3)c2C1. The smallest absolute Gasteiger partial charge is 0.315 e. The van der Waals surface area contributed by atoms with E-state index >= 15 is 0 Å². The number of carbonyl (C=O) groups excluding carboxylic acids is 1. The zero-order chi connectivity index (χ0) is 12.5. The second-order valence-electron chi connectivity index (χ2n) is 4.28. The van der Waals surface area contributed by atoms with Crippen molar-refractivity contribution >= 4 is 6.03 Å². The minimum absolute atomic E-state index is 0.387. The highest BCUT2D eigenvalue weighted by Crippen LogP contribution is 2.27. The van der Waals surface area contributed by atoms with E-state index in [-0.39, 0.29) is 6.03 Å². The van der Waals surface area contributed by atoms with Gasteiger partial charge in [0.1, 0.15) is 0 Å². The van der Waals surface area contributed by atoms with Crippen LogP contribution in [0.3, 0.4) is 0 Å². The molecule has 0 radical (unpaired) electrons. The van der Waals surface area contributed by atoms with Crippen LogP contribution in [0.5, 0.6) is 0 Å². The highest BCUT2D eigenvalue weighted by molar-refractivity contribution is 5.73. The van der Waals surface area contributed by atoms with Crippen LogP contribution in [0.2, 0.25) is 0 Å². The van der Waals surface area contributed by atoms with Crippen LogP contribution >= 0.6 is 0 Å². The molecule has 0 atom stereocenters. The summed E-state index contributed by atoms with van der Waals surface area (Å²) in [5.41, 5.74) is 9.33. The van der Waals surface area contributed by atoms with Gasteiger partial charge in [-0.2, -0.15) is 5.10 Å². The molecule has 3 rings (SSSR count). The van der Waals surface area contributed by atoms with Crippen LogP contribution in [0.15, 0.2) is 24.5 Å². The van der Waals surface area contributed by atoms with Crippen molar-refractivity contribution in [3.05, 3.63) is 35.8 Å². The number of nitrogens with one attached hydrogen (secondary N) is 1. The average Bonchev–Trinajstić information content (AvgIpc) is 2.82. The van der Waals surface area contributed by atoms with Crippen LogP contribution in [-0.4, -0.2) is 32.7 Å². The molecule has 1 aliphatic heterocycles. The van der Waals surface area contributed by atoms with Gasteiger partial charge < -0.3 is 10.6 Å². The van der Waals surface area contributed by atoms with Crippen LogP contribution in [0.4, 0.5) is 4.79 Å².